The number of nitrogens with zero attached hydrogens (tertiary/aromatic N) is 1. The van der Waals surface area contributed by atoms with Crippen LogP contribution >= 0.6 is 0 Å². The summed E-state index contributed by atoms with van der Waals surface area (Å²) in [7, 11) is 0. The molecule has 3 nitrogen and oxygen atoms in total. The van der Waals surface area contributed by atoms with Crippen molar-refractivity contribution in [1.29, 1.82) is 0 Å². The predicted molar refractivity (Wildman–Crippen MR) is 65.0 cm³/mol. The van der Waals surface area contributed by atoms with E-state index >= 15 is 0 Å². The third-order valence-electron chi connectivity index (χ3n) is 4.49. The second-order valence-electron chi connectivity index (χ2n) is 5.39. The molecule has 2 aliphatic rings. The number of hydrogen-bond acceptors (Lipinski definition) is 2. The lowest BCUT2D eigenvalue weighted by Gasteiger charge is -2.35. The SMILES string of the molecule is CCC1NCC(=O)N1CC1(CC)CCCC1. The normalized spacial score (nSPS) is 29.0. The zero-order valence-corrected chi connectivity index (χ0v) is 10.6. The Kier molecular flexibility index (Phi) is 3.53. The second-order valence-corrected chi connectivity index (χ2v) is 5.39. The Morgan fingerprint density at radius 3 is 2.62 bits per heavy atom. The van der Waals surface area contributed by atoms with E-state index in [1.807, 2.05) is 0 Å². The minimum atomic E-state index is 0.288. The monoisotopic (exact) mass is 224 g/mol. The number of carbonyl (C=O) groups excluding carboxylic acids is 1. The fraction of sp³-hybridized carbons (Fsp3) is 0.923. The fourth-order valence-electron chi connectivity index (χ4n) is 3.26. The van der Waals surface area contributed by atoms with Crippen molar-refractivity contribution < 1.29 is 4.79 Å². The Morgan fingerprint density at radius 2 is 2.06 bits per heavy atom. The second kappa shape index (κ2) is 4.74. The Bertz CT molecular complexity index is 259. The molecule has 0 aromatic heterocycles. The highest BCUT2D eigenvalue weighted by Gasteiger charge is 2.39. The van der Waals surface area contributed by atoms with E-state index in [-0.39, 0.29) is 6.17 Å². The molecule has 16 heavy (non-hydrogen) atoms. The summed E-state index contributed by atoms with van der Waals surface area (Å²) in [5, 5.41) is 3.30. The largest absolute Gasteiger partial charge is 0.326 e. The summed E-state index contributed by atoms with van der Waals surface area (Å²) < 4.78 is 0. The molecule has 2 fully saturated rings. The van der Waals surface area contributed by atoms with E-state index in [2.05, 4.69) is 24.1 Å². The highest BCUT2D eigenvalue weighted by atomic mass is 16.2. The quantitative estimate of drug-likeness (QED) is 0.793. The first-order valence-electron chi connectivity index (χ1n) is 6.73. The van der Waals surface area contributed by atoms with Gasteiger partial charge in [0.1, 0.15) is 0 Å². The maximum absolute atomic E-state index is 11.9. The van der Waals surface area contributed by atoms with E-state index in [9.17, 15) is 4.79 Å². The van der Waals surface area contributed by atoms with Gasteiger partial charge in [0.15, 0.2) is 0 Å². The van der Waals surface area contributed by atoms with Gasteiger partial charge in [-0.3, -0.25) is 10.1 Å². The Balaban J connectivity index is 2.03. The number of nitrogens with one attached hydrogen (secondary N) is 1. The zero-order chi connectivity index (χ0) is 11.6. The van der Waals surface area contributed by atoms with Gasteiger partial charge in [-0.1, -0.05) is 26.7 Å². The van der Waals surface area contributed by atoms with Crippen LogP contribution in [0.15, 0.2) is 0 Å². The van der Waals surface area contributed by atoms with E-state index in [1.54, 1.807) is 0 Å². The average molecular weight is 224 g/mol. The van der Waals surface area contributed by atoms with Gasteiger partial charge in [0.2, 0.25) is 5.91 Å². The first-order chi connectivity index (χ1) is 7.71. The molecule has 1 N–H and O–H groups in total. The summed E-state index contributed by atoms with van der Waals surface area (Å²) in [6.45, 7) is 5.95. The molecule has 1 amide bonds. The number of amides is 1. The van der Waals surface area contributed by atoms with Crippen LogP contribution in [0, 0.1) is 5.41 Å². The molecule has 1 aliphatic heterocycles. The van der Waals surface area contributed by atoms with E-state index in [0.29, 0.717) is 17.9 Å². The van der Waals surface area contributed by atoms with E-state index in [1.165, 1.54) is 32.1 Å². The van der Waals surface area contributed by atoms with Crippen molar-refractivity contribution >= 4 is 5.91 Å². The fourth-order valence-corrected chi connectivity index (χ4v) is 3.26. The lowest BCUT2D eigenvalue weighted by molar-refractivity contribution is -0.129. The van der Waals surface area contributed by atoms with E-state index in [4.69, 9.17) is 0 Å². The van der Waals surface area contributed by atoms with Gasteiger partial charge < -0.3 is 4.90 Å². The Morgan fingerprint density at radius 1 is 1.38 bits per heavy atom. The molecule has 1 unspecified atom stereocenters. The molecule has 0 aromatic rings. The molecule has 0 aromatic carbocycles. The predicted octanol–water partition coefficient (Wildman–Crippen LogP) is 2.12. The summed E-state index contributed by atoms with van der Waals surface area (Å²) in [5.74, 6) is 0.298. The summed E-state index contributed by atoms with van der Waals surface area (Å²) in [4.78, 5) is 13.9. The van der Waals surface area contributed by atoms with Crippen LogP contribution < -0.4 is 5.32 Å². The molecule has 0 radical (unpaired) electrons. The van der Waals surface area contributed by atoms with Crippen molar-refractivity contribution in [3.8, 4) is 0 Å². The molecular weight excluding hydrogens is 200 g/mol. The molecular formula is C13H24N2O. The van der Waals surface area contributed by atoms with Crippen LogP contribution in [0.1, 0.15) is 52.4 Å². The van der Waals surface area contributed by atoms with Gasteiger partial charge >= 0.3 is 0 Å². The van der Waals surface area contributed by atoms with Crippen LogP contribution in [-0.2, 0) is 4.79 Å². The van der Waals surface area contributed by atoms with Gasteiger partial charge in [-0.05, 0) is 31.1 Å². The molecule has 1 aliphatic carbocycles. The van der Waals surface area contributed by atoms with Gasteiger partial charge in [-0.15, -0.1) is 0 Å². The van der Waals surface area contributed by atoms with Crippen LogP contribution in [0.4, 0.5) is 0 Å². The van der Waals surface area contributed by atoms with Gasteiger partial charge in [0.05, 0.1) is 12.7 Å². The molecule has 1 atom stereocenters. The van der Waals surface area contributed by atoms with Gasteiger partial charge in [0, 0.05) is 6.54 Å². The molecule has 1 saturated carbocycles. The first-order valence-corrected chi connectivity index (χ1v) is 6.73. The summed E-state index contributed by atoms with van der Waals surface area (Å²) in [6.07, 6.45) is 7.84. The van der Waals surface area contributed by atoms with Crippen molar-refractivity contribution in [3.05, 3.63) is 0 Å². The molecule has 3 heteroatoms. The third kappa shape index (κ3) is 2.10. The van der Waals surface area contributed by atoms with E-state index < -0.39 is 0 Å². The summed E-state index contributed by atoms with van der Waals surface area (Å²) in [6, 6.07) is 0. The molecule has 1 heterocycles. The smallest absolute Gasteiger partial charge is 0.237 e. The standard InChI is InChI=1S/C13H24N2O/c1-3-11-14-9-12(16)15(11)10-13(4-2)7-5-6-8-13/h11,14H,3-10H2,1-2H3. The summed E-state index contributed by atoms with van der Waals surface area (Å²) in [5.41, 5.74) is 0.426. The van der Waals surface area contributed by atoms with Crippen molar-refractivity contribution in [2.24, 2.45) is 5.41 Å². The Labute approximate surface area is 98.6 Å². The minimum absolute atomic E-state index is 0.288. The van der Waals surface area contributed by atoms with Crippen LogP contribution in [0.2, 0.25) is 0 Å². The average Bonchev–Trinajstić information content (AvgIpc) is 2.89. The van der Waals surface area contributed by atoms with Crippen LogP contribution in [0.5, 0.6) is 0 Å². The highest BCUT2D eigenvalue weighted by Crippen LogP contribution is 2.42. The van der Waals surface area contributed by atoms with Crippen LogP contribution in [0.3, 0.4) is 0 Å². The maximum atomic E-state index is 11.9. The van der Waals surface area contributed by atoms with Gasteiger partial charge in [0.25, 0.3) is 0 Å². The van der Waals surface area contributed by atoms with Crippen molar-refractivity contribution in [2.45, 2.75) is 58.5 Å². The Hall–Kier alpha value is -0.570. The molecule has 0 bridgehead atoms. The zero-order valence-electron chi connectivity index (χ0n) is 10.6. The molecule has 1 saturated heterocycles. The van der Waals surface area contributed by atoms with E-state index in [0.717, 1.165) is 13.0 Å². The van der Waals surface area contributed by atoms with Crippen LogP contribution in [-0.4, -0.2) is 30.1 Å². The number of carbonyl (C=O) groups is 1. The number of hydrogen-bond donors (Lipinski definition) is 1. The topological polar surface area (TPSA) is 32.3 Å². The van der Waals surface area contributed by atoms with Crippen LogP contribution in [0.25, 0.3) is 0 Å². The molecule has 0 spiro atoms. The molecule has 2 rings (SSSR count). The maximum Gasteiger partial charge on any atom is 0.237 e. The highest BCUT2D eigenvalue weighted by molar-refractivity contribution is 5.80. The third-order valence-corrected chi connectivity index (χ3v) is 4.49. The van der Waals surface area contributed by atoms with Gasteiger partial charge in [-0.25, -0.2) is 0 Å². The van der Waals surface area contributed by atoms with Crippen molar-refractivity contribution in [1.82, 2.24) is 10.2 Å². The number of rotatable bonds is 4. The minimum Gasteiger partial charge on any atom is -0.326 e. The van der Waals surface area contributed by atoms with Crippen molar-refractivity contribution in [3.63, 3.8) is 0 Å². The summed E-state index contributed by atoms with van der Waals surface area (Å²) >= 11 is 0. The molecule has 92 valence electrons. The van der Waals surface area contributed by atoms with Gasteiger partial charge in [-0.2, -0.15) is 0 Å². The van der Waals surface area contributed by atoms with Crippen molar-refractivity contribution in [2.75, 3.05) is 13.1 Å². The lowest BCUT2D eigenvalue weighted by atomic mass is 9.82. The first kappa shape index (κ1) is 11.9. The lowest BCUT2D eigenvalue weighted by Crippen LogP contribution is -2.43.